The van der Waals surface area contributed by atoms with Gasteiger partial charge in [-0.15, -0.1) is 0 Å². The molecule has 19 heavy (non-hydrogen) atoms. The summed E-state index contributed by atoms with van der Waals surface area (Å²) in [4.78, 5) is 23.0. The van der Waals surface area contributed by atoms with E-state index in [1.807, 2.05) is 26.0 Å². The highest BCUT2D eigenvalue weighted by atomic mass is 35.5. The summed E-state index contributed by atoms with van der Waals surface area (Å²) in [6, 6.07) is 7.19. The lowest BCUT2D eigenvalue weighted by Gasteiger charge is -2.08. The zero-order chi connectivity index (χ0) is 14.3. The molecule has 2 N–H and O–H groups in total. The fourth-order valence-corrected chi connectivity index (χ4v) is 1.52. The number of amides is 2. The van der Waals surface area contributed by atoms with Crippen LogP contribution in [0.25, 0.3) is 0 Å². The molecule has 0 aliphatic heterocycles. The van der Waals surface area contributed by atoms with Crippen LogP contribution in [0, 0.1) is 5.92 Å². The van der Waals surface area contributed by atoms with Crippen molar-refractivity contribution in [2.24, 2.45) is 5.92 Å². The first kappa shape index (κ1) is 15.5. The van der Waals surface area contributed by atoms with Crippen molar-refractivity contribution in [2.45, 2.75) is 26.8 Å². The molecule has 0 radical (unpaired) electrons. The lowest BCUT2D eigenvalue weighted by molar-refractivity contribution is -0.129. The molecule has 1 aromatic carbocycles. The van der Waals surface area contributed by atoms with Crippen molar-refractivity contribution < 1.29 is 9.59 Å². The van der Waals surface area contributed by atoms with Gasteiger partial charge in [0.25, 0.3) is 0 Å². The number of rotatable bonds is 6. The smallest absolute Gasteiger partial charge is 0.229 e. The lowest BCUT2D eigenvalue weighted by atomic mass is 10.2. The first-order valence-corrected chi connectivity index (χ1v) is 6.63. The van der Waals surface area contributed by atoms with E-state index in [9.17, 15) is 9.59 Å². The van der Waals surface area contributed by atoms with Gasteiger partial charge >= 0.3 is 0 Å². The monoisotopic (exact) mass is 282 g/mol. The number of halogens is 1. The molecular weight excluding hydrogens is 264 g/mol. The summed E-state index contributed by atoms with van der Waals surface area (Å²) in [7, 11) is 0. The van der Waals surface area contributed by atoms with Gasteiger partial charge in [0.2, 0.25) is 11.8 Å². The van der Waals surface area contributed by atoms with Crippen LogP contribution >= 0.6 is 11.6 Å². The highest BCUT2D eigenvalue weighted by molar-refractivity contribution is 6.30. The normalized spacial score (nSPS) is 10.3. The highest BCUT2D eigenvalue weighted by Crippen LogP contribution is 2.09. The van der Waals surface area contributed by atoms with Crippen LogP contribution in [-0.4, -0.2) is 18.4 Å². The second-order valence-electron chi connectivity index (χ2n) is 4.78. The van der Waals surface area contributed by atoms with E-state index < -0.39 is 0 Å². The van der Waals surface area contributed by atoms with E-state index in [1.165, 1.54) is 0 Å². The first-order valence-electron chi connectivity index (χ1n) is 6.25. The zero-order valence-corrected chi connectivity index (χ0v) is 12.0. The van der Waals surface area contributed by atoms with Gasteiger partial charge < -0.3 is 10.6 Å². The fourth-order valence-electron chi connectivity index (χ4n) is 1.39. The summed E-state index contributed by atoms with van der Waals surface area (Å²) in [5.74, 6) is -0.153. The lowest BCUT2D eigenvalue weighted by Crippen LogP contribution is -2.33. The fraction of sp³-hybridized carbons (Fsp3) is 0.429. The van der Waals surface area contributed by atoms with Crippen molar-refractivity contribution in [3.8, 4) is 0 Å². The summed E-state index contributed by atoms with van der Waals surface area (Å²) in [5.41, 5.74) is 0.945. The summed E-state index contributed by atoms with van der Waals surface area (Å²) >= 11 is 5.76. The zero-order valence-electron chi connectivity index (χ0n) is 11.2. The van der Waals surface area contributed by atoms with Gasteiger partial charge in [0.05, 0.1) is 0 Å². The third-order valence-electron chi connectivity index (χ3n) is 2.43. The number of benzene rings is 1. The molecule has 104 valence electrons. The Morgan fingerprint density at radius 3 is 2.26 bits per heavy atom. The van der Waals surface area contributed by atoms with E-state index in [2.05, 4.69) is 10.6 Å². The highest BCUT2D eigenvalue weighted by Gasteiger charge is 2.09. The van der Waals surface area contributed by atoms with E-state index in [0.29, 0.717) is 24.0 Å². The average Bonchev–Trinajstić information content (AvgIpc) is 2.36. The summed E-state index contributed by atoms with van der Waals surface area (Å²) in [6.07, 6.45) is -0.139. The quantitative estimate of drug-likeness (QED) is 0.785. The molecule has 5 heteroatoms. The second-order valence-corrected chi connectivity index (χ2v) is 5.21. The Bertz CT molecular complexity index is 430. The first-order chi connectivity index (χ1) is 8.97. The molecule has 1 rings (SSSR count). The van der Waals surface area contributed by atoms with Gasteiger partial charge in [-0.25, -0.2) is 0 Å². The van der Waals surface area contributed by atoms with Gasteiger partial charge in [0, 0.05) is 18.1 Å². The minimum atomic E-state index is -0.281. The Kier molecular flexibility index (Phi) is 6.36. The third kappa shape index (κ3) is 6.82. The topological polar surface area (TPSA) is 58.2 Å². The van der Waals surface area contributed by atoms with Crippen LogP contribution in [0.15, 0.2) is 24.3 Å². The summed E-state index contributed by atoms with van der Waals surface area (Å²) in [5, 5.41) is 6.05. The summed E-state index contributed by atoms with van der Waals surface area (Å²) in [6.45, 7) is 4.98. The molecule has 2 amide bonds. The molecule has 0 aromatic heterocycles. The Morgan fingerprint density at radius 1 is 1.11 bits per heavy atom. The number of hydrogen-bond donors (Lipinski definition) is 2. The minimum absolute atomic E-state index is 0.139. The molecule has 0 aliphatic rings. The van der Waals surface area contributed by atoms with Gasteiger partial charge in [0.1, 0.15) is 6.42 Å². The van der Waals surface area contributed by atoms with Crippen molar-refractivity contribution in [1.82, 2.24) is 10.6 Å². The predicted molar refractivity (Wildman–Crippen MR) is 75.8 cm³/mol. The molecule has 0 spiro atoms. The van der Waals surface area contributed by atoms with E-state index in [-0.39, 0.29) is 18.2 Å². The maximum atomic E-state index is 11.5. The molecule has 0 unspecified atom stereocenters. The number of nitrogens with one attached hydrogen (secondary N) is 2. The van der Waals surface area contributed by atoms with E-state index in [1.54, 1.807) is 12.1 Å². The Hall–Kier alpha value is -1.55. The van der Waals surface area contributed by atoms with Gasteiger partial charge in [-0.2, -0.15) is 0 Å². The Labute approximate surface area is 118 Å². The van der Waals surface area contributed by atoms with Crippen molar-refractivity contribution in [1.29, 1.82) is 0 Å². The van der Waals surface area contributed by atoms with E-state index in [0.717, 1.165) is 5.56 Å². The second kappa shape index (κ2) is 7.79. The molecule has 0 atom stereocenters. The van der Waals surface area contributed by atoms with Crippen molar-refractivity contribution in [2.75, 3.05) is 6.54 Å². The standard InChI is InChI=1S/C14H19ClN2O2/c1-10(2)8-16-13(18)7-14(19)17-9-11-3-5-12(15)6-4-11/h3-6,10H,7-9H2,1-2H3,(H,16,18)(H,17,19). The molecule has 0 bridgehead atoms. The Morgan fingerprint density at radius 2 is 1.68 bits per heavy atom. The number of carbonyl (C=O) groups is 2. The van der Waals surface area contributed by atoms with Crippen LogP contribution in [0.2, 0.25) is 5.02 Å². The molecule has 0 fully saturated rings. The predicted octanol–water partition coefficient (Wildman–Crippen LogP) is 2.12. The minimum Gasteiger partial charge on any atom is -0.355 e. The molecular formula is C14H19ClN2O2. The van der Waals surface area contributed by atoms with Gasteiger partial charge in [0.15, 0.2) is 0 Å². The van der Waals surface area contributed by atoms with Crippen LogP contribution < -0.4 is 10.6 Å². The van der Waals surface area contributed by atoms with E-state index >= 15 is 0 Å². The largest absolute Gasteiger partial charge is 0.355 e. The molecule has 0 saturated carbocycles. The molecule has 0 aliphatic carbocycles. The SMILES string of the molecule is CC(C)CNC(=O)CC(=O)NCc1ccc(Cl)cc1. The van der Waals surface area contributed by atoms with Crippen molar-refractivity contribution in [3.63, 3.8) is 0 Å². The Balaban J connectivity index is 2.27. The van der Waals surface area contributed by atoms with Gasteiger partial charge in [-0.05, 0) is 23.6 Å². The van der Waals surface area contributed by atoms with Crippen LogP contribution in [0.5, 0.6) is 0 Å². The van der Waals surface area contributed by atoms with Crippen LogP contribution in [0.4, 0.5) is 0 Å². The van der Waals surface area contributed by atoms with Crippen LogP contribution in [-0.2, 0) is 16.1 Å². The molecule has 1 aromatic rings. The molecule has 0 heterocycles. The van der Waals surface area contributed by atoms with Crippen LogP contribution in [0.3, 0.4) is 0 Å². The van der Waals surface area contributed by atoms with Crippen molar-refractivity contribution in [3.05, 3.63) is 34.9 Å². The molecule has 4 nitrogen and oxygen atoms in total. The van der Waals surface area contributed by atoms with Crippen LogP contribution in [0.1, 0.15) is 25.8 Å². The third-order valence-corrected chi connectivity index (χ3v) is 2.68. The number of hydrogen-bond acceptors (Lipinski definition) is 2. The molecule has 0 saturated heterocycles. The maximum Gasteiger partial charge on any atom is 0.229 e. The van der Waals surface area contributed by atoms with E-state index in [4.69, 9.17) is 11.6 Å². The summed E-state index contributed by atoms with van der Waals surface area (Å²) < 4.78 is 0. The van der Waals surface area contributed by atoms with Gasteiger partial charge in [-0.1, -0.05) is 37.6 Å². The number of carbonyl (C=O) groups excluding carboxylic acids is 2. The van der Waals surface area contributed by atoms with Crippen molar-refractivity contribution >= 4 is 23.4 Å². The maximum absolute atomic E-state index is 11.5. The van der Waals surface area contributed by atoms with Gasteiger partial charge in [-0.3, -0.25) is 9.59 Å². The average molecular weight is 283 g/mol.